The largest absolute Gasteiger partial charge is 0.378 e. The maximum atomic E-state index is 11.2. The molecule has 6 heteroatoms. The summed E-state index contributed by atoms with van der Waals surface area (Å²) in [4.78, 5) is 23.3. The fourth-order valence-electron chi connectivity index (χ4n) is 1.46. The number of urea groups is 1. The molecule has 1 aliphatic heterocycles. The molecule has 0 radical (unpaired) electrons. The number of likely N-dealkylation sites (tertiary alicyclic amines) is 1. The lowest BCUT2D eigenvalue weighted by Crippen LogP contribution is -2.33. The highest BCUT2D eigenvalue weighted by molar-refractivity contribution is 5.78. The number of rotatable bonds is 6. The lowest BCUT2D eigenvalue weighted by molar-refractivity contribution is -0.128. The molecule has 0 aromatic rings. The molecular formula is C9H17N3O3. The number of ether oxygens (including phenoxy) is 1. The fraction of sp³-hybridized carbons (Fsp3) is 0.778. The van der Waals surface area contributed by atoms with Crippen LogP contribution in [0.15, 0.2) is 0 Å². The van der Waals surface area contributed by atoms with Crippen LogP contribution in [-0.4, -0.2) is 49.7 Å². The zero-order valence-corrected chi connectivity index (χ0v) is 8.70. The van der Waals surface area contributed by atoms with E-state index in [0.717, 1.165) is 13.0 Å². The average Bonchev–Trinajstić information content (AvgIpc) is 2.57. The first-order chi connectivity index (χ1) is 7.20. The minimum absolute atomic E-state index is 0.203. The normalized spacial score (nSPS) is 15.7. The van der Waals surface area contributed by atoms with Gasteiger partial charge in [-0.3, -0.25) is 4.79 Å². The van der Waals surface area contributed by atoms with Crippen molar-refractivity contribution in [2.24, 2.45) is 5.73 Å². The van der Waals surface area contributed by atoms with Crippen LogP contribution in [0.5, 0.6) is 0 Å². The Morgan fingerprint density at radius 3 is 2.93 bits per heavy atom. The van der Waals surface area contributed by atoms with Crippen molar-refractivity contribution in [2.75, 3.05) is 32.8 Å². The van der Waals surface area contributed by atoms with Crippen LogP contribution in [0.4, 0.5) is 4.79 Å². The highest BCUT2D eigenvalue weighted by atomic mass is 16.5. The van der Waals surface area contributed by atoms with Crippen LogP contribution in [0, 0.1) is 0 Å². The molecule has 0 saturated carbocycles. The van der Waals surface area contributed by atoms with Gasteiger partial charge in [0.05, 0.1) is 13.2 Å². The topological polar surface area (TPSA) is 84.7 Å². The van der Waals surface area contributed by atoms with E-state index in [4.69, 9.17) is 10.5 Å². The van der Waals surface area contributed by atoms with Crippen molar-refractivity contribution in [3.63, 3.8) is 0 Å². The quantitative estimate of drug-likeness (QED) is 0.574. The van der Waals surface area contributed by atoms with Crippen molar-refractivity contribution < 1.29 is 14.3 Å². The second-order valence-electron chi connectivity index (χ2n) is 3.39. The number of carbonyl (C=O) groups is 2. The highest BCUT2D eigenvalue weighted by Gasteiger charge is 2.18. The van der Waals surface area contributed by atoms with E-state index in [1.165, 1.54) is 0 Å². The molecule has 1 rings (SSSR count). The third-order valence-corrected chi connectivity index (χ3v) is 2.22. The van der Waals surface area contributed by atoms with E-state index in [9.17, 15) is 9.59 Å². The number of nitrogens with one attached hydrogen (secondary N) is 1. The summed E-state index contributed by atoms with van der Waals surface area (Å²) in [7, 11) is 0. The Balaban J connectivity index is 1.92. The van der Waals surface area contributed by atoms with Crippen molar-refractivity contribution in [3.05, 3.63) is 0 Å². The molecule has 3 amide bonds. The van der Waals surface area contributed by atoms with Gasteiger partial charge in [-0.05, 0) is 6.42 Å². The first-order valence-electron chi connectivity index (χ1n) is 5.09. The molecule has 0 aliphatic carbocycles. The van der Waals surface area contributed by atoms with Crippen molar-refractivity contribution >= 4 is 11.9 Å². The number of nitrogens with zero attached hydrogens (tertiary/aromatic N) is 1. The number of hydrogen-bond donors (Lipinski definition) is 2. The molecular weight excluding hydrogens is 198 g/mol. The van der Waals surface area contributed by atoms with Crippen molar-refractivity contribution in [1.82, 2.24) is 10.2 Å². The summed E-state index contributed by atoms with van der Waals surface area (Å²) in [5, 5.41) is 2.42. The van der Waals surface area contributed by atoms with E-state index in [1.54, 1.807) is 4.90 Å². The van der Waals surface area contributed by atoms with Crippen LogP contribution in [-0.2, 0) is 9.53 Å². The predicted molar refractivity (Wildman–Crippen MR) is 54.2 cm³/mol. The lowest BCUT2D eigenvalue weighted by Gasteiger charge is -2.15. The molecule has 0 bridgehead atoms. The number of nitrogens with two attached hydrogens (primary N) is 1. The van der Waals surface area contributed by atoms with Gasteiger partial charge >= 0.3 is 6.03 Å². The monoisotopic (exact) mass is 215 g/mol. The zero-order valence-electron chi connectivity index (χ0n) is 8.70. The summed E-state index contributed by atoms with van der Waals surface area (Å²) in [6, 6.07) is -0.548. The van der Waals surface area contributed by atoms with E-state index < -0.39 is 6.03 Å². The Labute approximate surface area is 88.7 Å². The van der Waals surface area contributed by atoms with Crippen molar-refractivity contribution in [2.45, 2.75) is 12.8 Å². The van der Waals surface area contributed by atoms with Gasteiger partial charge in [0.1, 0.15) is 0 Å². The molecule has 1 aliphatic rings. The number of carbonyl (C=O) groups excluding carboxylic acids is 2. The molecule has 6 nitrogen and oxygen atoms in total. The van der Waals surface area contributed by atoms with Gasteiger partial charge in [0, 0.05) is 26.1 Å². The summed E-state index contributed by atoms with van der Waals surface area (Å²) in [5.74, 6) is 0.203. The van der Waals surface area contributed by atoms with E-state index in [0.29, 0.717) is 32.7 Å². The van der Waals surface area contributed by atoms with Crippen LogP contribution >= 0.6 is 0 Å². The number of amides is 3. The molecule has 3 N–H and O–H groups in total. The molecule has 15 heavy (non-hydrogen) atoms. The Hall–Kier alpha value is -1.30. The first-order valence-corrected chi connectivity index (χ1v) is 5.09. The maximum absolute atomic E-state index is 11.2. The van der Waals surface area contributed by atoms with Gasteiger partial charge in [0.2, 0.25) is 5.91 Å². The van der Waals surface area contributed by atoms with Crippen LogP contribution in [0.2, 0.25) is 0 Å². The van der Waals surface area contributed by atoms with Gasteiger partial charge in [0.15, 0.2) is 0 Å². The molecule has 0 spiro atoms. The minimum Gasteiger partial charge on any atom is -0.378 e. The van der Waals surface area contributed by atoms with Crippen molar-refractivity contribution in [1.29, 1.82) is 0 Å². The molecule has 1 saturated heterocycles. The summed E-state index contributed by atoms with van der Waals surface area (Å²) in [6.45, 7) is 2.80. The molecule has 1 heterocycles. The predicted octanol–water partition coefficient (Wildman–Crippen LogP) is -0.706. The van der Waals surface area contributed by atoms with Crippen molar-refractivity contribution in [3.8, 4) is 0 Å². The van der Waals surface area contributed by atoms with Gasteiger partial charge in [-0.15, -0.1) is 0 Å². The van der Waals surface area contributed by atoms with Gasteiger partial charge in [0.25, 0.3) is 0 Å². The van der Waals surface area contributed by atoms with Gasteiger partial charge in [-0.2, -0.15) is 0 Å². The standard InChI is InChI=1S/C9H17N3O3/c10-9(14)11-3-6-15-7-5-12-4-1-2-8(12)13/h1-7H2,(H3,10,11,14). The Morgan fingerprint density at radius 2 is 2.33 bits per heavy atom. The van der Waals surface area contributed by atoms with E-state index in [1.807, 2.05) is 0 Å². The molecule has 0 atom stereocenters. The highest BCUT2D eigenvalue weighted by Crippen LogP contribution is 2.08. The number of primary amides is 1. The number of hydrogen-bond acceptors (Lipinski definition) is 3. The zero-order chi connectivity index (χ0) is 11.1. The second-order valence-corrected chi connectivity index (χ2v) is 3.39. The summed E-state index contributed by atoms with van der Waals surface area (Å²) in [6.07, 6.45) is 1.60. The molecule has 0 aromatic carbocycles. The third kappa shape index (κ3) is 4.64. The fourth-order valence-corrected chi connectivity index (χ4v) is 1.46. The van der Waals surface area contributed by atoms with Gasteiger partial charge in [-0.25, -0.2) is 4.79 Å². The first kappa shape index (κ1) is 11.8. The van der Waals surface area contributed by atoms with E-state index >= 15 is 0 Å². The SMILES string of the molecule is NC(=O)NCCOCCN1CCCC1=O. The van der Waals surface area contributed by atoms with Crippen LogP contribution < -0.4 is 11.1 Å². The molecule has 1 fully saturated rings. The van der Waals surface area contributed by atoms with E-state index in [-0.39, 0.29) is 5.91 Å². The Bertz CT molecular complexity index is 233. The molecule has 0 aromatic heterocycles. The Kier molecular flexibility index (Phi) is 4.89. The maximum Gasteiger partial charge on any atom is 0.312 e. The summed E-state index contributed by atoms with van der Waals surface area (Å²) >= 11 is 0. The third-order valence-electron chi connectivity index (χ3n) is 2.22. The lowest BCUT2D eigenvalue weighted by atomic mass is 10.4. The average molecular weight is 215 g/mol. The second kappa shape index (κ2) is 6.23. The van der Waals surface area contributed by atoms with E-state index in [2.05, 4.69) is 5.32 Å². The smallest absolute Gasteiger partial charge is 0.312 e. The Morgan fingerprint density at radius 1 is 1.53 bits per heavy atom. The van der Waals surface area contributed by atoms with Crippen LogP contribution in [0.1, 0.15) is 12.8 Å². The molecule has 86 valence electrons. The van der Waals surface area contributed by atoms with Crippen LogP contribution in [0.25, 0.3) is 0 Å². The summed E-state index contributed by atoms with van der Waals surface area (Å²) in [5.41, 5.74) is 4.87. The molecule has 0 unspecified atom stereocenters. The minimum atomic E-state index is -0.548. The van der Waals surface area contributed by atoms with Gasteiger partial charge < -0.3 is 20.7 Å². The summed E-state index contributed by atoms with van der Waals surface area (Å²) < 4.78 is 5.23. The van der Waals surface area contributed by atoms with Crippen LogP contribution in [0.3, 0.4) is 0 Å². The van der Waals surface area contributed by atoms with Gasteiger partial charge in [-0.1, -0.05) is 0 Å².